The maximum Gasteiger partial charge on any atom is 0.0658 e. The van der Waals surface area contributed by atoms with Crippen LogP contribution in [-0.2, 0) is 0 Å². The molecule has 3 unspecified atom stereocenters. The van der Waals surface area contributed by atoms with Crippen LogP contribution in [0.4, 0.5) is 0 Å². The molecule has 1 aliphatic rings. The van der Waals surface area contributed by atoms with Crippen LogP contribution in [-0.4, -0.2) is 10.7 Å². The number of hydrogen-bond acceptors (Lipinski definition) is 1. The van der Waals surface area contributed by atoms with Gasteiger partial charge >= 0.3 is 0 Å². The Labute approximate surface area is 81.9 Å². The summed E-state index contributed by atoms with van der Waals surface area (Å²) in [5.41, 5.74) is -0.408. The monoisotopic (exact) mass is 182 g/mol. The van der Waals surface area contributed by atoms with Crippen molar-refractivity contribution in [1.82, 2.24) is 0 Å². The Hall–Kier alpha value is -0.300. The number of rotatable bonds is 0. The van der Waals surface area contributed by atoms with Crippen LogP contribution in [0.2, 0.25) is 0 Å². The molecule has 13 heavy (non-hydrogen) atoms. The lowest BCUT2D eigenvalue weighted by molar-refractivity contribution is -0.0302. The van der Waals surface area contributed by atoms with Crippen LogP contribution < -0.4 is 0 Å². The lowest BCUT2D eigenvalue weighted by Crippen LogP contribution is -2.38. The minimum atomic E-state index is -0.535. The van der Waals surface area contributed by atoms with Gasteiger partial charge in [-0.3, -0.25) is 0 Å². The highest BCUT2D eigenvalue weighted by atomic mass is 16.3. The fraction of sp³-hybridized carbons (Fsp3) is 0.833. The number of hydrogen-bond donors (Lipinski definition) is 1. The molecule has 0 saturated heterocycles. The average molecular weight is 182 g/mol. The molecule has 0 heterocycles. The van der Waals surface area contributed by atoms with E-state index in [0.717, 1.165) is 6.42 Å². The van der Waals surface area contributed by atoms with Gasteiger partial charge in [-0.2, -0.15) is 0 Å². The second-order valence-corrected chi connectivity index (χ2v) is 5.53. The third-order valence-corrected chi connectivity index (χ3v) is 3.43. The van der Waals surface area contributed by atoms with E-state index in [1.807, 2.05) is 6.92 Å². The van der Waals surface area contributed by atoms with Gasteiger partial charge in [-0.15, -0.1) is 0 Å². The first-order valence-electron chi connectivity index (χ1n) is 5.16. The van der Waals surface area contributed by atoms with Crippen molar-refractivity contribution < 1.29 is 5.11 Å². The van der Waals surface area contributed by atoms with E-state index in [2.05, 4.69) is 39.8 Å². The first kappa shape index (κ1) is 10.8. The topological polar surface area (TPSA) is 20.2 Å². The number of aliphatic hydroxyl groups is 1. The van der Waals surface area contributed by atoms with Gasteiger partial charge in [-0.1, -0.05) is 39.8 Å². The Morgan fingerprint density at radius 3 is 2.31 bits per heavy atom. The maximum atomic E-state index is 10.3. The highest BCUT2D eigenvalue weighted by Gasteiger charge is 2.38. The van der Waals surface area contributed by atoms with Crippen LogP contribution in [0.5, 0.6) is 0 Å². The Balaban J connectivity index is 2.95. The summed E-state index contributed by atoms with van der Waals surface area (Å²) in [5.74, 6) is 0.808. The van der Waals surface area contributed by atoms with E-state index in [9.17, 15) is 5.11 Å². The second kappa shape index (κ2) is 3.13. The summed E-state index contributed by atoms with van der Waals surface area (Å²) in [6.07, 6.45) is 5.34. The van der Waals surface area contributed by atoms with E-state index in [4.69, 9.17) is 0 Å². The molecule has 1 nitrogen and oxygen atoms in total. The Morgan fingerprint density at radius 2 is 1.77 bits per heavy atom. The van der Waals surface area contributed by atoms with Crippen LogP contribution in [0.1, 0.15) is 41.0 Å². The molecule has 1 aliphatic carbocycles. The van der Waals surface area contributed by atoms with E-state index < -0.39 is 5.60 Å². The van der Waals surface area contributed by atoms with Crippen molar-refractivity contribution in [3.8, 4) is 0 Å². The van der Waals surface area contributed by atoms with Gasteiger partial charge in [0.2, 0.25) is 0 Å². The van der Waals surface area contributed by atoms with Crippen molar-refractivity contribution >= 4 is 0 Å². The maximum absolute atomic E-state index is 10.3. The average Bonchev–Trinajstić information content (AvgIpc) is 2.01. The quantitative estimate of drug-likeness (QED) is 0.571. The minimum absolute atomic E-state index is 0.127. The van der Waals surface area contributed by atoms with Crippen LogP contribution in [0, 0.1) is 17.3 Å². The highest BCUT2D eigenvalue weighted by molar-refractivity contribution is 5.07. The predicted octanol–water partition coefficient (Wildman–Crippen LogP) is 3.00. The number of allylic oxidation sites excluding steroid dienone is 2. The molecular formula is C12H22O. The van der Waals surface area contributed by atoms with Crippen molar-refractivity contribution in [2.75, 3.05) is 0 Å². The molecule has 0 saturated carbocycles. The molecule has 0 aliphatic heterocycles. The molecule has 0 aromatic carbocycles. The first-order valence-corrected chi connectivity index (χ1v) is 5.16. The van der Waals surface area contributed by atoms with E-state index in [0.29, 0.717) is 11.8 Å². The molecule has 0 aromatic rings. The van der Waals surface area contributed by atoms with Crippen LogP contribution >= 0.6 is 0 Å². The third-order valence-electron chi connectivity index (χ3n) is 3.43. The lowest BCUT2D eigenvalue weighted by atomic mass is 9.75. The standard InChI is InChI=1S/C12H22O/c1-9-6-7-11(3,4)8-12(5,13)10(9)2/h6-7,9-10,13H,8H2,1-5H3. The molecule has 1 rings (SSSR count). The van der Waals surface area contributed by atoms with E-state index in [1.165, 1.54) is 0 Å². The Morgan fingerprint density at radius 1 is 1.23 bits per heavy atom. The van der Waals surface area contributed by atoms with Gasteiger partial charge in [0.25, 0.3) is 0 Å². The predicted molar refractivity (Wildman–Crippen MR) is 56.5 cm³/mol. The SMILES string of the molecule is CC1C=CC(C)(C)CC(C)(O)C1C. The van der Waals surface area contributed by atoms with Crippen LogP contribution in [0.3, 0.4) is 0 Å². The van der Waals surface area contributed by atoms with E-state index in [-0.39, 0.29) is 5.41 Å². The van der Waals surface area contributed by atoms with Gasteiger partial charge in [0.05, 0.1) is 5.60 Å². The Kier molecular flexibility index (Phi) is 2.59. The van der Waals surface area contributed by atoms with Gasteiger partial charge < -0.3 is 5.11 Å². The van der Waals surface area contributed by atoms with Gasteiger partial charge in [-0.05, 0) is 30.6 Å². The summed E-state index contributed by atoms with van der Waals surface area (Å²) in [4.78, 5) is 0. The molecule has 1 heteroatoms. The molecular weight excluding hydrogens is 160 g/mol. The van der Waals surface area contributed by atoms with Gasteiger partial charge in [0, 0.05) is 0 Å². The van der Waals surface area contributed by atoms with Gasteiger partial charge in [-0.25, -0.2) is 0 Å². The summed E-state index contributed by atoms with van der Waals surface area (Å²) in [6, 6.07) is 0. The summed E-state index contributed by atoms with van der Waals surface area (Å²) >= 11 is 0. The van der Waals surface area contributed by atoms with Crippen molar-refractivity contribution in [3.63, 3.8) is 0 Å². The van der Waals surface area contributed by atoms with E-state index in [1.54, 1.807) is 0 Å². The summed E-state index contributed by atoms with van der Waals surface area (Å²) in [6.45, 7) is 10.6. The van der Waals surface area contributed by atoms with Crippen molar-refractivity contribution in [1.29, 1.82) is 0 Å². The Bertz CT molecular complexity index is 213. The molecule has 0 amide bonds. The smallest absolute Gasteiger partial charge is 0.0658 e. The second-order valence-electron chi connectivity index (χ2n) is 5.53. The van der Waals surface area contributed by atoms with E-state index >= 15 is 0 Å². The van der Waals surface area contributed by atoms with Crippen molar-refractivity contribution in [2.45, 2.75) is 46.6 Å². The molecule has 1 N–H and O–H groups in total. The zero-order chi connectivity index (χ0) is 10.3. The van der Waals surface area contributed by atoms with Crippen molar-refractivity contribution in [3.05, 3.63) is 12.2 Å². The van der Waals surface area contributed by atoms with Gasteiger partial charge in [0.1, 0.15) is 0 Å². The molecule has 0 bridgehead atoms. The first-order chi connectivity index (χ1) is 5.75. The molecule has 3 atom stereocenters. The van der Waals surface area contributed by atoms with Crippen LogP contribution in [0.15, 0.2) is 12.2 Å². The molecule has 0 fully saturated rings. The third kappa shape index (κ3) is 2.34. The van der Waals surface area contributed by atoms with Crippen LogP contribution in [0.25, 0.3) is 0 Å². The molecule has 0 spiro atoms. The largest absolute Gasteiger partial charge is 0.390 e. The lowest BCUT2D eigenvalue weighted by Gasteiger charge is -2.35. The fourth-order valence-electron chi connectivity index (χ4n) is 2.29. The molecule has 0 radical (unpaired) electrons. The minimum Gasteiger partial charge on any atom is -0.390 e. The summed E-state index contributed by atoms with van der Waals surface area (Å²) in [7, 11) is 0. The zero-order valence-electron chi connectivity index (χ0n) is 9.46. The van der Waals surface area contributed by atoms with Gasteiger partial charge in [0.15, 0.2) is 0 Å². The highest BCUT2D eigenvalue weighted by Crippen LogP contribution is 2.40. The molecule has 0 aromatic heterocycles. The normalized spacial score (nSPS) is 44.5. The fourth-order valence-corrected chi connectivity index (χ4v) is 2.29. The van der Waals surface area contributed by atoms with Crippen molar-refractivity contribution in [2.24, 2.45) is 17.3 Å². The summed E-state index contributed by atoms with van der Waals surface area (Å²) < 4.78 is 0. The zero-order valence-corrected chi connectivity index (χ0v) is 9.46. The summed E-state index contributed by atoms with van der Waals surface area (Å²) in [5, 5.41) is 10.3. The molecule has 76 valence electrons.